The Morgan fingerprint density at radius 1 is 0.909 bits per heavy atom. The van der Waals surface area contributed by atoms with Gasteiger partial charge in [0.1, 0.15) is 0 Å². The summed E-state index contributed by atoms with van der Waals surface area (Å²) >= 11 is 24.9. The Hall–Kier alpha value is -2.63. The maximum absolute atomic E-state index is 11.8. The molecule has 4 aromatic rings. The second-order valence-corrected chi connectivity index (χ2v) is 8.92. The van der Waals surface area contributed by atoms with Gasteiger partial charge in [-0.05, 0) is 48.0 Å². The number of fused-ring (bicyclic) bond motifs is 1. The van der Waals surface area contributed by atoms with Crippen LogP contribution in [0.4, 0.5) is 0 Å². The molecule has 1 N–H and O–H groups in total. The Balaban J connectivity index is 1.61. The molecular weight excluding hydrogens is 502 g/mol. The number of aromatic nitrogens is 1. The molecule has 0 spiro atoms. The van der Waals surface area contributed by atoms with Crippen LogP contribution in [-0.4, -0.2) is 28.3 Å². The topological polar surface area (TPSA) is 62.5 Å². The van der Waals surface area contributed by atoms with E-state index in [2.05, 4.69) is 9.98 Å². The summed E-state index contributed by atoms with van der Waals surface area (Å²) in [5.74, 6) is -1.05. The van der Waals surface area contributed by atoms with Crippen molar-refractivity contribution in [1.29, 1.82) is 0 Å². The fraction of sp³-hybridized carbons (Fsp3) is 0.0800. The summed E-state index contributed by atoms with van der Waals surface area (Å²) in [6, 6.07) is 18.7. The molecule has 0 aliphatic heterocycles. The highest BCUT2D eigenvalue weighted by atomic mass is 35.5. The lowest BCUT2D eigenvalue weighted by Gasteiger charge is -2.11. The van der Waals surface area contributed by atoms with Crippen LogP contribution in [0.15, 0.2) is 71.7 Å². The smallest absolute Gasteiger partial charge is 0.328 e. The predicted octanol–water partition coefficient (Wildman–Crippen LogP) is 7.63. The molecule has 0 aliphatic carbocycles. The Labute approximate surface area is 210 Å². The van der Waals surface area contributed by atoms with Crippen LogP contribution in [-0.2, 0) is 11.2 Å². The lowest BCUT2D eigenvalue weighted by Crippen LogP contribution is -2.21. The van der Waals surface area contributed by atoms with Crippen molar-refractivity contribution in [2.24, 2.45) is 4.99 Å². The molecule has 1 heterocycles. The van der Waals surface area contributed by atoms with Gasteiger partial charge in [-0.1, -0.05) is 70.7 Å². The van der Waals surface area contributed by atoms with Crippen LogP contribution in [0.25, 0.3) is 22.2 Å². The highest BCUT2D eigenvalue weighted by molar-refractivity contribution is 6.39. The number of halogens is 4. The zero-order valence-electron chi connectivity index (χ0n) is 17.0. The Morgan fingerprint density at radius 3 is 2.18 bits per heavy atom. The first-order valence-electron chi connectivity index (χ1n) is 9.87. The number of aliphatic carboxylic acids is 1. The molecule has 166 valence electrons. The van der Waals surface area contributed by atoms with E-state index in [4.69, 9.17) is 46.4 Å². The minimum Gasteiger partial charge on any atom is -0.480 e. The van der Waals surface area contributed by atoms with Gasteiger partial charge in [0.2, 0.25) is 0 Å². The van der Waals surface area contributed by atoms with Crippen LogP contribution in [0.5, 0.6) is 0 Å². The summed E-state index contributed by atoms with van der Waals surface area (Å²) in [6.45, 7) is 0. The minimum atomic E-state index is -1.05. The molecule has 0 fully saturated rings. The zero-order valence-corrected chi connectivity index (χ0v) is 20.0. The summed E-state index contributed by atoms with van der Waals surface area (Å²) in [5.41, 5.74) is 3.37. The van der Waals surface area contributed by atoms with Gasteiger partial charge in [0.15, 0.2) is 6.04 Å². The number of rotatable bonds is 6. The van der Waals surface area contributed by atoms with E-state index in [1.54, 1.807) is 36.4 Å². The second-order valence-electron chi connectivity index (χ2n) is 7.29. The SMILES string of the molecule is O=C(O)C(Cc1ccc2nc(-c3c(Cl)cccc3Cl)ccc2c1)N=Cc1c(Cl)cccc1Cl. The van der Waals surface area contributed by atoms with E-state index in [1.165, 1.54) is 6.21 Å². The molecule has 4 nitrogen and oxygen atoms in total. The van der Waals surface area contributed by atoms with Gasteiger partial charge < -0.3 is 5.11 Å². The van der Waals surface area contributed by atoms with E-state index in [9.17, 15) is 9.90 Å². The quantitative estimate of drug-likeness (QED) is 0.267. The minimum absolute atomic E-state index is 0.196. The van der Waals surface area contributed by atoms with Crippen molar-refractivity contribution in [2.45, 2.75) is 12.5 Å². The van der Waals surface area contributed by atoms with Crippen molar-refractivity contribution < 1.29 is 9.90 Å². The number of aliphatic imine (C=N–C) groups is 1. The third kappa shape index (κ3) is 5.31. The van der Waals surface area contributed by atoms with Crippen LogP contribution < -0.4 is 0 Å². The van der Waals surface area contributed by atoms with Crippen LogP contribution in [0.2, 0.25) is 20.1 Å². The van der Waals surface area contributed by atoms with Crippen LogP contribution >= 0.6 is 46.4 Å². The normalized spacial score (nSPS) is 12.4. The number of benzene rings is 3. The second kappa shape index (κ2) is 10.1. The highest BCUT2D eigenvalue weighted by Gasteiger charge is 2.17. The van der Waals surface area contributed by atoms with Gasteiger partial charge in [0.25, 0.3) is 0 Å². The molecule has 0 saturated carbocycles. The van der Waals surface area contributed by atoms with Gasteiger partial charge in [-0.15, -0.1) is 0 Å². The molecule has 1 atom stereocenters. The third-order valence-electron chi connectivity index (χ3n) is 5.07. The molecular formula is C25H16Cl4N2O2. The molecule has 3 aromatic carbocycles. The summed E-state index contributed by atoms with van der Waals surface area (Å²) in [5, 5.41) is 12.4. The van der Waals surface area contributed by atoms with Crippen LogP contribution in [0.1, 0.15) is 11.1 Å². The first kappa shape index (κ1) is 23.5. The summed E-state index contributed by atoms with van der Waals surface area (Å²) in [6.07, 6.45) is 1.60. The van der Waals surface area contributed by atoms with Gasteiger partial charge >= 0.3 is 5.97 Å². The molecule has 0 aliphatic rings. The van der Waals surface area contributed by atoms with Crippen LogP contribution in [0, 0.1) is 0 Å². The van der Waals surface area contributed by atoms with Gasteiger partial charge in [0.05, 0.1) is 31.3 Å². The molecule has 1 aromatic heterocycles. The molecule has 33 heavy (non-hydrogen) atoms. The van der Waals surface area contributed by atoms with Crippen molar-refractivity contribution in [2.75, 3.05) is 0 Å². The summed E-state index contributed by atoms with van der Waals surface area (Å²) in [4.78, 5) is 20.7. The maximum Gasteiger partial charge on any atom is 0.328 e. The van der Waals surface area contributed by atoms with E-state index in [1.807, 2.05) is 30.3 Å². The Bertz CT molecular complexity index is 1350. The Kier molecular flexibility index (Phi) is 7.20. The molecule has 0 radical (unpaired) electrons. The fourth-order valence-corrected chi connectivity index (χ4v) is 4.50. The van der Waals surface area contributed by atoms with Gasteiger partial charge in [0, 0.05) is 29.1 Å². The molecule has 8 heteroatoms. The maximum atomic E-state index is 11.8. The van der Waals surface area contributed by atoms with Gasteiger partial charge in [-0.3, -0.25) is 4.99 Å². The molecule has 0 saturated heterocycles. The van der Waals surface area contributed by atoms with E-state index in [0.29, 0.717) is 36.9 Å². The van der Waals surface area contributed by atoms with Crippen molar-refractivity contribution in [3.63, 3.8) is 0 Å². The molecule has 0 bridgehead atoms. The first-order chi connectivity index (χ1) is 15.8. The largest absolute Gasteiger partial charge is 0.480 e. The van der Waals surface area contributed by atoms with Crippen molar-refractivity contribution in [3.8, 4) is 11.3 Å². The Morgan fingerprint density at radius 2 is 1.55 bits per heavy atom. The summed E-state index contributed by atoms with van der Waals surface area (Å²) < 4.78 is 0. The predicted molar refractivity (Wildman–Crippen MR) is 136 cm³/mol. The monoisotopic (exact) mass is 516 g/mol. The lowest BCUT2D eigenvalue weighted by molar-refractivity contribution is -0.138. The molecule has 4 rings (SSSR count). The number of carbonyl (C=O) groups is 1. The highest BCUT2D eigenvalue weighted by Crippen LogP contribution is 2.34. The number of hydrogen-bond acceptors (Lipinski definition) is 3. The lowest BCUT2D eigenvalue weighted by atomic mass is 10.0. The first-order valence-corrected chi connectivity index (χ1v) is 11.4. The van der Waals surface area contributed by atoms with Crippen molar-refractivity contribution >= 4 is 69.5 Å². The summed E-state index contributed by atoms with van der Waals surface area (Å²) in [7, 11) is 0. The number of carboxylic acid groups (broad SMARTS) is 1. The van der Waals surface area contributed by atoms with Crippen molar-refractivity contribution in [3.05, 3.63) is 97.9 Å². The van der Waals surface area contributed by atoms with Crippen molar-refractivity contribution in [1.82, 2.24) is 4.98 Å². The average Bonchev–Trinajstić information content (AvgIpc) is 2.77. The van der Waals surface area contributed by atoms with E-state index < -0.39 is 12.0 Å². The molecule has 1 unspecified atom stereocenters. The van der Waals surface area contributed by atoms with E-state index in [-0.39, 0.29) is 6.42 Å². The number of hydrogen-bond donors (Lipinski definition) is 1. The van der Waals surface area contributed by atoms with Crippen LogP contribution in [0.3, 0.4) is 0 Å². The van der Waals surface area contributed by atoms with Gasteiger partial charge in [-0.2, -0.15) is 0 Å². The zero-order chi connectivity index (χ0) is 23.5. The molecule has 0 amide bonds. The van der Waals surface area contributed by atoms with E-state index in [0.717, 1.165) is 16.5 Å². The number of carboxylic acids is 1. The standard InChI is InChI=1S/C25H16Cl4N2O2/c26-17-3-1-4-18(27)16(17)13-30-23(25(32)33)12-14-7-9-21-15(11-14)8-10-22(31-21)24-19(28)5-2-6-20(24)29/h1-11,13,23H,12H2,(H,32,33). The average molecular weight is 518 g/mol. The third-order valence-corrected chi connectivity index (χ3v) is 6.36. The van der Waals surface area contributed by atoms with Gasteiger partial charge in [-0.25, -0.2) is 9.78 Å². The fourth-order valence-electron chi connectivity index (χ4n) is 3.41. The van der Waals surface area contributed by atoms with E-state index >= 15 is 0 Å². The number of nitrogens with zero attached hydrogens (tertiary/aromatic N) is 2. The number of pyridine rings is 1.